The molecular formula is C20H19ClF3N6O3Y-. The maximum atomic E-state index is 13.2. The number of para-hydroxylation sites is 1. The zero-order valence-electron chi connectivity index (χ0n) is 18.0. The molecule has 0 saturated heterocycles. The van der Waals surface area contributed by atoms with Crippen molar-refractivity contribution in [3.05, 3.63) is 75.6 Å². The van der Waals surface area contributed by atoms with E-state index in [1.807, 2.05) is 0 Å². The van der Waals surface area contributed by atoms with Crippen LogP contribution in [0.15, 0.2) is 42.6 Å². The van der Waals surface area contributed by atoms with E-state index in [0.717, 1.165) is 0 Å². The van der Waals surface area contributed by atoms with Crippen LogP contribution in [0.5, 0.6) is 0 Å². The molecule has 1 radical (unpaired) electrons. The monoisotopic (exact) mass is 572 g/mol. The van der Waals surface area contributed by atoms with Crippen LogP contribution in [0.3, 0.4) is 0 Å². The predicted molar refractivity (Wildman–Crippen MR) is 115 cm³/mol. The van der Waals surface area contributed by atoms with Crippen LogP contribution < -0.4 is 11.2 Å². The van der Waals surface area contributed by atoms with E-state index in [1.165, 1.54) is 24.4 Å². The Morgan fingerprint density at radius 3 is 2.47 bits per heavy atom. The minimum Gasteiger partial charge on any atom is -0.590 e. The number of amides is 2. The molecule has 2 amide bonds. The number of aromatic nitrogens is 3. The molecular weight excluding hydrogens is 554 g/mol. The molecule has 179 valence electrons. The number of nitrogens with two attached hydrogens (primary N) is 1. The smallest absolute Gasteiger partial charge is 0.435 e. The molecule has 1 aromatic carbocycles. The normalized spacial score (nSPS) is 10.5. The fraction of sp³-hybridized carbons (Fsp3) is 0.200. The van der Waals surface area contributed by atoms with E-state index < -0.39 is 29.4 Å². The third kappa shape index (κ3) is 7.06. The number of aliphatic hydroxyl groups excluding tert-OH is 1. The van der Waals surface area contributed by atoms with Crippen LogP contribution in [0.2, 0.25) is 5.02 Å². The predicted octanol–water partition coefficient (Wildman–Crippen LogP) is 3.88. The van der Waals surface area contributed by atoms with Gasteiger partial charge in [-0.15, -0.1) is 0 Å². The maximum absolute atomic E-state index is 13.2. The number of alkyl halides is 3. The summed E-state index contributed by atoms with van der Waals surface area (Å²) >= 11 is 6.02. The number of hydrogen-bond donors (Lipinski definition) is 3. The Balaban J connectivity index is 0.00000137. The Bertz CT molecular complexity index is 1160. The van der Waals surface area contributed by atoms with Crippen molar-refractivity contribution in [2.45, 2.75) is 20.0 Å². The summed E-state index contributed by atoms with van der Waals surface area (Å²) in [4.78, 5) is 28.7. The summed E-state index contributed by atoms with van der Waals surface area (Å²) in [7, 11) is 0. The van der Waals surface area contributed by atoms with Crippen molar-refractivity contribution >= 4 is 29.1 Å². The quantitative estimate of drug-likeness (QED) is 0.247. The Morgan fingerprint density at radius 1 is 1.26 bits per heavy atom. The average Bonchev–Trinajstić information content (AvgIpc) is 3.21. The van der Waals surface area contributed by atoms with E-state index in [9.17, 15) is 22.8 Å². The first-order chi connectivity index (χ1) is 15.5. The number of anilines is 1. The second-order valence-corrected chi connectivity index (χ2v) is 6.74. The van der Waals surface area contributed by atoms with Gasteiger partial charge in [0, 0.05) is 57.1 Å². The number of rotatable bonds is 4. The molecule has 0 bridgehead atoms. The molecule has 0 atom stereocenters. The van der Waals surface area contributed by atoms with Crippen molar-refractivity contribution in [3.63, 3.8) is 0 Å². The summed E-state index contributed by atoms with van der Waals surface area (Å²) in [5.74, 6) is 3.08. The zero-order valence-corrected chi connectivity index (χ0v) is 21.6. The first-order valence-electron chi connectivity index (χ1n) is 9.30. The van der Waals surface area contributed by atoms with Crippen LogP contribution in [0.25, 0.3) is 11.2 Å². The number of nitrogens with one attached hydrogen (secondary N) is 1. The number of benzene rings is 1. The van der Waals surface area contributed by atoms with Crippen molar-refractivity contribution in [2.24, 2.45) is 5.84 Å². The number of pyridine rings is 1. The number of aliphatic hydroxyl groups is 1. The van der Waals surface area contributed by atoms with Gasteiger partial charge in [-0.3, -0.25) is 4.79 Å². The number of aryl methyl sites for hydroxylation is 1. The molecule has 2 aromatic heterocycles. The van der Waals surface area contributed by atoms with Crippen LogP contribution >= 0.6 is 11.6 Å². The minimum atomic E-state index is -4.82. The molecule has 0 aliphatic rings. The van der Waals surface area contributed by atoms with Gasteiger partial charge in [0.15, 0.2) is 11.5 Å². The third-order valence-corrected chi connectivity index (χ3v) is 4.33. The van der Waals surface area contributed by atoms with Gasteiger partial charge in [-0.05, 0) is 31.5 Å². The fourth-order valence-corrected chi connectivity index (χ4v) is 2.84. The molecule has 14 heteroatoms. The van der Waals surface area contributed by atoms with Crippen molar-refractivity contribution in [1.29, 1.82) is 0 Å². The van der Waals surface area contributed by atoms with E-state index in [1.54, 1.807) is 26.0 Å². The van der Waals surface area contributed by atoms with Crippen LogP contribution in [-0.2, 0) is 38.9 Å². The van der Waals surface area contributed by atoms with Gasteiger partial charge in [0.25, 0.3) is 5.91 Å². The summed E-state index contributed by atoms with van der Waals surface area (Å²) in [5.41, 5.74) is 1.76. The number of carbonyl (C=O) groups is 2. The average molecular weight is 573 g/mol. The van der Waals surface area contributed by atoms with E-state index in [4.69, 9.17) is 22.6 Å². The molecule has 0 unspecified atom stereocenters. The molecule has 3 rings (SSSR count). The van der Waals surface area contributed by atoms with Gasteiger partial charge in [0.05, 0.1) is 16.6 Å². The first-order valence-corrected chi connectivity index (χ1v) is 9.68. The standard InChI is InChI=1S/C18H14ClF3N6O2.C2H6O.Y/c1-9-4-2-5-10(16(29)26-23)14(9)25-17(30)12-8-13(18(20,21)22)27-28(12)15-11(19)6-3-7-24-15;1-2-3;/h2-8H,1H3,(H4,23,25,26,27,29,30);3H,2H2,1H3;/p-1. The van der Waals surface area contributed by atoms with Gasteiger partial charge in [-0.1, -0.05) is 29.8 Å². The van der Waals surface area contributed by atoms with Crippen molar-refractivity contribution in [2.75, 3.05) is 11.9 Å². The molecule has 2 heterocycles. The SMILES string of the molecule is CCO.Cc1cccc(C(=O)[N-]N)c1NC(=O)c1cc(C(F)(F)F)nn1-c1ncccc1Cl.[Y]. The second-order valence-electron chi connectivity index (χ2n) is 6.34. The molecule has 4 N–H and O–H groups in total. The third-order valence-electron chi connectivity index (χ3n) is 4.03. The van der Waals surface area contributed by atoms with Crippen molar-refractivity contribution in [1.82, 2.24) is 14.8 Å². The number of nitrogens with zero attached hydrogens (tertiary/aromatic N) is 4. The maximum Gasteiger partial charge on any atom is 0.435 e. The minimum absolute atomic E-state index is 0. The molecule has 34 heavy (non-hydrogen) atoms. The van der Waals surface area contributed by atoms with E-state index in [2.05, 4.69) is 20.8 Å². The van der Waals surface area contributed by atoms with Crippen molar-refractivity contribution in [3.8, 4) is 5.82 Å². The Hall–Kier alpha value is -2.38. The Morgan fingerprint density at radius 2 is 1.91 bits per heavy atom. The Labute approximate surface area is 222 Å². The first kappa shape index (κ1) is 29.7. The van der Waals surface area contributed by atoms with Gasteiger partial charge in [0.1, 0.15) is 5.69 Å². The van der Waals surface area contributed by atoms with Crippen LogP contribution in [0.1, 0.15) is 39.0 Å². The zero-order chi connectivity index (χ0) is 24.8. The second kappa shape index (κ2) is 12.9. The Kier molecular flexibility index (Phi) is 11.3. The number of carbonyl (C=O) groups excluding carboxylic acids is 2. The molecule has 9 nitrogen and oxygen atoms in total. The molecule has 3 aromatic rings. The van der Waals surface area contributed by atoms with E-state index in [-0.39, 0.29) is 61.4 Å². The van der Waals surface area contributed by atoms with Crippen molar-refractivity contribution < 1.29 is 60.6 Å². The summed E-state index contributed by atoms with van der Waals surface area (Å²) in [6.07, 6.45) is -3.53. The molecule has 0 fully saturated rings. The molecule has 0 saturated carbocycles. The summed E-state index contributed by atoms with van der Waals surface area (Å²) in [6.45, 7) is 3.52. The molecule has 0 aliphatic heterocycles. The summed E-state index contributed by atoms with van der Waals surface area (Å²) in [6, 6.07) is 7.94. The van der Waals surface area contributed by atoms with Gasteiger partial charge in [-0.2, -0.15) is 18.3 Å². The van der Waals surface area contributed by atoms with Crippen LogP contribution in [-0.4, -0.2) is 38.3 Å². The van der Waals surface area contributed by atoms with Gasteiger partial charge in [0.2, 0.25) is 0 Å². The van der Waals surface area contributed by atoms with Crippen LogP contribution in [0, 0.1) is 6.92 Å². The molecule has 0 spiro atoms. The largest absolute Gasteiger partial charge is 0.590 e. The van der Waals surface area contributed by atoms with Gasteiger partial charge in [-0.25, -0.2) is 9.67 Å². The van der Waals surface area contributed by atoms with Crippen LogP contribution in [0.4, 0.5) is 18.9 Å². The summed E-state index contributed by atoms with van der Waals surface area (Å²) < 4.78 is 40.4. The number of hydrogen-bond acceptors (Lipinski definition) is 6. The fourth-order valence-electron chi connectivity index (χ4n) is 2.64. The van der Waals surface area contributed by atoms with Gasteiger partial charge < -0.3 is 26.5 Å². The molecule has 0 aliphatic carbocycles. The van der Waals surface area contributed by atoms with E-state index in [0.29, 0.717) is 16.3 Å². The van der Waals surface area contributed by atoms with E-state index >= 15 is 0 Å². The number of halogens is 4. The van der Waals surface area contributed by atoms with Gasteiger partial charge >= 0.3 is 6.18 Å². The summed E-state index contributed by atoms with van der Waals surface area (Å²) in [5, 5.41) is 13.4. The topological polar surface area (TPSA) is 137 Å².